The molecule has 9 heteroatoms. The molecule has 0 aromatic heterocycles. The zero-order valence-electron chi connectivity index (χ0n) is 13.6. The summed E-state index contributed by atoms with van der Waals surface area (Å²) in [6, 6.07) is 6.62. The maximum absolute atomic E-state index is 12.9. The smallest absolute Gasteiger partial charge is 0.416 e. The molecule has 0 aliphatic heterocycles. The quantitative estimate of drug-likeness (QED) is 0.426. The van der Waals surface area contributed by atoms with Crippen LogP contribution in [0.15, 0.2) is 36.4 Å². The summed E-state index contributed by atoms with van der Waals surface area (Å²) in [7, 11) is 1.09. The zero-order chi connectivity index (χ0) is 19.6. The molecule has 0 N–H and O–H groups in total. The summed E-state index contributed by atoms with van der Waals surface area (Å²) >= 11 is 5.95. The second-order valence-corrected chi connectivity index (χ2v) is 5.92. The first kappa shape index (κ1) is 19.7. The largest absolute Gasteiger partial charge is 0.468 e. The first-order chi connectivity index (χ1) is 12.1. The van der Waals surface area contributed by atoms with Crippen molar-refractivity contribution in [1.82, 2.24) is 0 Å². The molecule has 138 valence electrons. The highest BCUT2D eigenvalue weighted by molar-refractivity contribution is 6.30. The molecule has 5 nitrogen and oxygen atoms in total. The van der Waals surface area contributed by atoms with Gasteiger partial charge in [-0.1, -0.05) is 23.7 Å². The van der Waals surface area contributed by atoms with Crippen LogP contribution in [0.4, 0.5) is 18.9 Å². The number of rotatable bonds is 4. The number of nitro benzene ring substituents is 1. The van der Waals surface area contributed by atoms with E-state index in [0.29, 0.717) is 23.3 Å². The number of ether oxygens (including phenoxy) is 1. The molecule has 1 atom stereocenters. The third-order valence-electron chi connectivity index (χ3n) is 3.85. The van der Waals surface area contributed by atoms with Gasteiger partial charge in [-0.05, 0) is 36.2 Å². The van der Waals surface area contributed by atoms with Crippen molar-refractivity contribution in [3.8, 4) is 0 Å². The minimum atomic E-state index is -4.75. The van der Waals surface area contributed by atoms with Gasteiger partial charge in [0.25, 0.3) is 5.69 Å². The third kappa shape index (κ3) is 3.96. The molecule has 0 saturated carbocycles. The number of esters is 1. The summed E-state index contributed by atoms with van der Waals surface area (Å²) in [5, 5.41) is 11.6. The molecule has 2 aromatic rings. The topological polar surface area (TPSA) is 69.4 Å². The van der Waals surface area contributed by atoms with Gasteiger partial charge in [-0.3, -0.25) is 14.9 Å². The number of hydrogen-bond donors (Lipinski definition) is 0. The number of alkyl halides is 3. The van der Waals surface area contributed by atoms with Crippen molar-refractivity contribution in [2.24, 2.45) is 0 Å². The number of halogens is 4. The number of nitrogens with zero attached hydrogens (tertiary/aromatic N) is 1. The third-order valence-corrected chi connectivity index (χ3v) is 4.09. The Morgan fingerprint density at radius 3 is 2.38 bits per heavy atom. The predicted octanol–water partition coefficient (Wildman–Crippen LogP) is 4.88. The van der Waals surface area contributed by atoms with Gasteiger partial charge in [-0.2, -0.15) is 13.2 Å². The van der Waals surface area contributed by atoms with E-state index in [1.54, 1.807) is 19.1 Å². The molecule has 0 fully saturated rings. The lowest BCUT2D eigenvalue weighted by Crippen LogP contribution is -2.19. The highest BCUT2D eigenvalue weighted by Crippen LogP contribution is 2.39. The molecular weight excluding hydrogens is 375 g/mol. The fourth-order valence-electron chi connectivity index (χ4n) is 2.58. The Balaban J connectivity index is 2.75. The van der Waals surface area contributed by atoms with Crippen molar-refractivity contribution >= 4 is 23.3 Å². The van der Waals surface area contributed by atoms with Crippen molar-refractivity contribution < 1.29 is 27.6 Å². The van der Waals surface area contributed by atoms with Crippen LogP contribution in [-0.4, -0.2) is 18.0 Å². The number of methoxy groups -OCH3 is 1. The Morgan fingerprint density at radius 1 is 1.19 bits per heavy atom. The van der Waals surface area contributed by atoms with Crippen LogP contribution in [-0.2, 0) is 15.7 Å². The number of hydrogen-bond acceptors (Lipinski definition) is 4. The van der Waals surface area contributed by atoms with Gasteiger partial charge >= 0.3 is 12.1 Å². The van der Waals surface area contributed by atoms with E-state index in [4.69, 9.17) is 16.3 Å². The lowest BCUT2D eigenvalue weighted by atomic mass is 9.87. The second-order valence-electron chi connectivity index (χ2n) is 5.49. The predicted molar refractivity (Wildman–Crippen MR) is 88.1 cm³/mol. The molecule has 0 saturated heterocycles. The van der Waals surface area contributed by atoms with Crippen molar-refractivity contribution in [3.63, 3.8) is 0 Å². The lowest BCUT2D eigenvalue weighted by Gasteiger charge is -2.19. The monoisotopic (exact) mass is 387 g/mol. The average molecular weight is 388 g/mol. The Kier molecular flexibility index (Phi) is 5.56. The summed E-state index contributed by atoms with van der Waals surface area (Å²) in [4.78, 5) is 22.7. The second kappa shape index (κ2) is 7.33. The van der Waals surface area contributed by atoms with Crippen LogP contribution in [0.5, 0.6) is 0 Å². The van der Waals surface area contributed by atoms with Crippen molar-refractivity contribution in [2.75, 3.05) is 7.11 Å². The standard InChI is InChI=1S/C17H13ClF3NO4/c1-9-3-5-11(18)8-13(9)15(16(23)26-2)12-6-4-10(17(19,20)21)7-14(12)22(24)25/h3-8,15H,1-2H3. The summed E-state index contributed by atoms with van der Waals surface area (Å²) < 4.78 is 43.4. The van der Waals surface area contributed by atoms with E-state index in [1.807, 2.05) is 0 Å². The maximum Gasteiger partial charge on any atom is 0.416 e. The van der Waals surface area contributed by atoms with Gasteiger partial charge in [0, 0.05) is 16.7 Å². The molecule has 0 amide bonds. The Bertz CT molecular complexity index is 868. The van der Waals surface area contributed by atoms with E-state index in [2.05, 4.69) is 0 Å². The molecule has 26 heavy (non-hydrogen) atoms. The normalized spacial score (nSPS) is 12.5. The van der Waals surface area contributed by atoms with E-state index in [9.17, 15) is 28.1 Å². The summed E-state index contributed by atoms with van der Waals surface area (Å²) in [5.41, 5.74) is -1.32. The van der Waals surface area contributed by atoms with Gasteiger partial charge in [0.05, 0.1) is 17.6 Å². The molecule has 0 radical (unpaired) electrons. The van der Waals surface area contributed by atoms with Gasteiger partial charge < -0.3 is 4.74 Å². The molecule has 0 spiro atoms. The van der Waals surface area contributed by atoms with Crippen LogP contribution < -0.4 is 0 Å². The van der Waals surface area contributed by atoms with Crippen LogP contribution in [0.2, 0.25) is 5.02 Å². The van der Waals surface area contributed by atoms with E-state index < -0.39 is 34.2 Å². The van der Waals surface area contributed by atoms with Crippen LogP contribution in [0.25, 0.3) is 0 Å². The molecule has 0 aliphatic carbocycles. The van der Waals surface area contributed by atoms with Gasteiger partial charge in [0.2, 0.25) is 0 Å². The Hall–Kier alpha value is -2.61. The first-order valence-corrected chi connectivity index (χ1v) is 7.63. The van der Waals surface area contributed by atoms with Crippen LogP contribution >= 0.6 is 11.6 Å². The minimum Gasteiger partial charge on any atom is -0.468 e. The lowest BCUT2D eigenvalue weighted by molar-refractivity contribution is -0.385. The number of carbonyl (C=O) groups is 1. The molecule has 2 rings (SSSR count). The van der Waals surface area contributed by atoms with Crippen LogP contribution in [0.1, 0.15) is 28.2 Å². The molecule has 2 aromatic carbocycles. The van der Waals surface area contributed by atoms with Crippen molar-refractivity contribution in [1.29, 1.82) is 0 Å². The SMILES string of the molecule is COC(=O)C(c1cc(Cl)ccc1C)c1ccc(C(F)(F)F)cc1[N+](=O)[O-]. The summed E-state index contributed by atoms with van der Waals surface area (Å²) in [6.07, 6.45) is -4.75. The molecular formula is C17H13ClF3NO4. The molecule has 0 heterocycles. The fraction of sp³-hybridized carbons (Fsp3) is 0.235. The number of aryl methyl sites for hydroxylation is 1. The molecule has 1 unspecified atom stereocenters. The highest BCUT2D eigenvalue weighted by Gasteiger charge is 2.36. The Labute approximate surface area is 151 Å². The van der Waals surface area contributed by atoms with Crippen LogP contribution in [0, 0.1) is 17.0 Å². The van der Waals surface area contributed by atoms with Crippen LogP contribution in [0.3, 0.4) is 0 Å². The maximum atomic E-state index is 12.9. The van der Waals surface area contributed by atoms with E-state index in [1.165, 1.54) is 6.07 Å². The molecule has 0 aliphatic rings. The van der Waals surface area contributed by atoms with E-state index in [-0.39, 0.29) is 10.6 Å². The summed E-state index contributed by atoms with van der Waals surface area (Å²) in [6.45, 7) is 1.65. The first-order valence-electron chi connectivity index (χ1n) is 7.25. The number of carbonyl (C=O) groups excluding carboxylic acids is 1. The highest BCUT2D eigenvalue weighted by atomic mass is 35.5. The van der Waals surface area contributed by atoms with Gasteiger partial charge in [-0.25, -0.2) is 0 Å². The van der Waals surface area contributed by atoms with Gasteiger partial charge in [0.15, 0.2) is 0 Å². The van der Waals surface area contributed by atoms with Gasteiger partial charge in [-0.15, -0.1) is 0 Å². The number of benzene rings is 2. The van der Waals surface area contributed by atoms with Crippen molar-refractivity contribution in [3.05, 3.63) is 73.8 Å². The van der Waals surface area contributed by atoms with E-state index >= 15 is 0 Å². The minimum absolute atomic E-state index is 0.208. The van der Waals surface area contributed by atoms with Crippen molar-refractivity contribution in [2.45, 2.75) is 19.0 Å². The average Bonchev–Trinajstić information content (AvgIpc) is 2.57. The summed E-state index contributed by atoms with van der Waals surface area (Å²) in [5.74, 6) is -2.14. The fourth-order valence-corrected chi connectivity index (χ4v) is 2.76. The van der Waals surface area contributed by atoms with E-state index in [0.717, 1.165) is 13.2 Å². The number of nitro groups is 1. The Morgan fingerprint density at radius 2 is 1.85 bits per heavy atom. The van der Waals surface area contributed by atoms with Gasteiger partial charge in [0.1, 0.15) is 5.92 Å². The zero-order valence-corrected chi connectivity index (χ0v) is 14.4. The molecule has 0 bridgehead atoms.